The zero-order valence-electron chi connectivity index (χ0n) is 19.7. The molecule has 2 aromatic carbocycles. The molecule has 4 atom stereocenters. The van der Waals surface area contributed by atoms with Crippen LogP contribution in [-0.2, 0) is 16.1 Å². The van der Waals surface area contributed by atoms with E-state index in [0.29, 0.717) is 35.1 Å². The number of aliphatic hydroxyl groups is 2. The highest BCUT2D eigenvalue weighted by atomic mass is 16.6. The molecule has 1 aliphatic heterocycles. The van der Waals surface area contributed by atoms with Gasteiger partial charge in [0.05, 0.1) is 13.4 Å². The Bertz CT molecular complexity index is 1360. The number of aromatic nitrogens is 4. The molecule has 36 heavy (non-hydrogen) atoms. The molecule has 11 heteroatoms. The molecular formula is C25H26N6O5. The number of aliphatic hydroxyl groups excluding tert-OH is 2. The van der Waals surface area contributed by atoms with Gasteiger partial charge < -0.3 is 30.3 Å². The Morgan fingerprint density at radius 3 is 2.53 bits per heavy atom. The summed E-state index contributed by atoms with van der Waals surface area (Å²) in [7, 11) is 3.03. The van der Waals surface area contributed by atoms with Gasteiger partial charge >= 0.3 is 0 Å². The van der Waals surface area contributed by atoms with Crippen molar-refractivity contribution in [3.63, 3.8) is 0 Å². The van der Waals surface area contributed by atoms with Crippen molar-refractivity contribution in [2.45, 2.75) is 31.1 Å². The van der Waals surface area contributed by atoms with Crippen LogP contribution in [0, 0.1) is 0 Å². The number of methoxy groups -OCH3 is 1. The maximum atomic E-state index is 12.1. The van der Waals surface area contributed by atoms with E-state index in [2.05, 4.69) is 15.6 Å². The first-order valence-electron chi connectivity index (χ1n) is 11.4. The van der Waals surface area contributed by atoms with Gasteiger partial charge in [-0.15, -0.1) is 0 Å². The van der Waals surface area contributed by atoms with Gasteiger partial charge in [-0.05, 0) is 29.8 Å². The normalized spacial score (nSPS) is 21.4. The van der Waals surface area contributed by atoms with E-state index in [0.717, 1.165) is 11.1 Å². The molecule has 0 radical (unpaired) electrons. The number of fused-ring (bicyclic) bond motifs is 1. The molecule has 4 aromatic rings. The maximum Gasteiger partial charge on any atom is 0.251 e. The molecule has 3 heterocycles. The van der Waals surface area contributed by atoms with Crippen LogP contribution in [0.1, 0.15) is 11.8 Å². The van der Waals surface area contributed by atoms with Gasteiger partial charge in [-0.1, -0.05) is 30.3 Å². The fourth-order valence-corrected chi connectivity index (χ4v) is 4.13. The van der Waals surface area contributed by atoms with Crippen molar-refractivity contribution in [2.75, 3.05) is 19.5 Å². The van der Waals surface area contributed by atoms with Gasteiger partial charge in [0.2, 0.25) is 0 Å². The lowest BCUT2D eigenvalue weighted by atomic mass is 10.1. The summed E-state index contributed by atoms with van der Waals surface area (Å²) < 4.78 is 12.5. The topological polar surface area (TPSA) is 144 Å². The molecule has 0 bridgehead atoms. The predicted octanol–water partition coefficient (Wildman–Crippen LogP) is 1.48. The van der Waals surface area contributed by atoms with Crippen LogP contribution in [-0.4, -0.2) is 68.1 Å². The van der Waals surface area contributed by atoms with Crippen LogP contribution in [0.3, 0.4) is 0 Å². The van der Waals surface area contributed by atoms with Gasteiger partial charge in [-0.25, -0.2) is 15.0 Å². The molecule has 1 aliphatic rings. The van der Waals surface area contributed by atoms with E-state index in [4.69, 9.17) is 19.4 Å². The Hall–Kier alpha value is -4.06. The number of rotatable bonds is 7. The summed E-state index contributed by atoms with van der Waals surface area (Å²) in [5.41, 5.74) is 2.63. The summed E-state index contributed by atoms with van der Waals surface area (Å²) in [4.78, 5) is 26.0. The number of hydrogen-bond donors (Lipinski definition) is 4. The van der Waals surface area contributed by atoms with Crippen LogP contribution in [0.15, 0.2) is 60.9 Å². The molecule has 0 saturated carbocycles. The molecule has 0 unspecified atom stereocenters. The number of imidazole rings is 1. The van der Waals surface area contributed by atoms with Crippen LogP contribution in [0.5, 0.6) is 5.75 Å². The van der Waals surface area contributed by atoms with Crippen molar-refractivity contribution in [1.29, 1.82) is 0 Å². The second kappa shape index (κ2) is 9.90. The summed E-state index contributed by atoms with van der Waals surface area (Å²) in [5.74, 6) is 1.07. The maximum absolute atomic E-state index is 12.1. The number of hydrogen-bond acceptors (Lipinski definition) is 9. The molecule has 11 nitrogen and oxygen atoms in total. The molecule has 5 rings (SSSR count). The van der Waals surface area contributed by atoms with E-state index < -0.39 is 30.4 Å². The molecule has 4 N–H and O–H groups in total. The van der Waals surface area contributed by atoms with Gasteiger partial charge in [0, 0.05) is 19.2 Å². The highest BCUT2D eigenvalue weighted by Crippen LogP contribution is 2.34. The fourth-order valence-electron chi connectivity index (χ4n) is 4.13. The van der Waals surface area contributed by atoms with Crippen LogP contribution in [0.25, 0.3) is 22.6 Å². The van der Waals surface area contributed by atoms with Crippen molar-refractivity contribution >= 4 is 22.9 Å². The van der Waals surface area contributed by atoms with Crippen LogP contribution in [0.2, 0.25) is 0 Å². The summed E-state index contributed by atoms with van der Waals surface area (Å²) in [6.45, 7) is 0.502. The van der Waals surface area contributed by atoms with E-state index in [1.807, 2.05) is 54.6 Å². The minimum atomic E-state index is -1.41. The Labute approximate surface area is 206 Å². The van der Waals surface area contributed by atoms with Gasteiger partial charge in [0.1, 0.15) is 18.0 Å². The predicted molar refractivity (Wildman–Crippen MR) is 131 cm³/mol. The minimum Gasteiger partial charge on any atom is -0.497 e. The summed E-state index contributed by atoms with van der Waals surface area (Å²) >= 11 is 0. The smallest absolute Gasteiger partial charge is 0.251 e. The summed E-state index contributed by atoms with van der Waals surface area (Å²) in [6.07, 6.45) is -3.63. The largest absolute Gasteiger partial charge is 0.497 e. The molecule has 0 spiro atoms. The second-order valence-electron chi connectivity index (χ2n) is 8.33. The lowest BCUT2D eigenvalue weighted by Crippen LogP contribution is -2.41. The van der Waals surface area contributed by atoms with E-state index in [1.54, 1.807) is 7.11 Å². The fraction of sp³-hybridized carbons (Fsp3) is 0.280. The molecule has 186 valence electrons. The van der Waals surface area contributed by atoms with Crippen molar-refractivity contribution in [1.82, 2.24) is 24.8 Å². The van der Waals surface area contributed by atoms with Crippen LogP contribution >= 0.6 is 0 Å². The van der Waals surface area contributed by atoms with E-state index in [9.17, 15) is 15.0 Å². The van der Waals surface area contributed by atoms with E-state index >= 15 is 0 Å². The zero-order valence-corrected chi connectivity index (χ0v) is 19.7. The lowest BCUT2D eigenvalue weighted by molar-refractivity contribution is -0.137. The Morgan fingerprint density at radius 2 is 1.83 bits per heavy atom. The first-order valence-corrected chi connectivity index (χ1v) is 11.4. The quantitative estimate of drug-likeness (QED) is 0.303. The number of nitrogens with one attached hydrogen (secondary N) is 2. The van der Waals surface area contributed by atoms with Crippen molar-refractivity contribution < 1.29 is 24.5 Å². The van der Waals surface area contributed by atoms with Crippen LogP contribution in [0.4, 0.5) is 5.82 Å². The number of amides is 1. The monoisotopic (exact) mass is 490 g/mol. The Kier molecular flexibility index (Phi) is 6.51. The third-order valence-electron chi connectivity index (χ3n) is 6.09. The standard InChI is InChI=1S/C25H26N6O5/c1-26-24(34)20-18(32)19(33)25(36-20)31-13-28-17-22(27-12-14-6-4-3-5-7-14)29-21(30-23(17)31)15-8-10-16(35-2)11-9-15/h3-11,13,18-20,25,32-33H,12H2,1-2H3,(H,26,34)(H,27,29,30)/t18-,19-,20-,25-/m0/s1. The highest BCUT2D eigenvalue weighted by Gasteiger charge is 2.47. The number of ether oxygens (including phenoxy) is 2. The van der Waals surface area contributed by atoms with Gasteiger partial charge in [0.15, 0.2) is 35.1 Å². The van der Waals surface area contributed by atoms with Gasteiger partial charge in [0.25, 0.3) is 5.91 Å². The van der Waals surface area contributed by atoms with Crippen LogP contribution < -0.4 is 15.4 Å². The number of carbonyl (C=O) groups is 1. The number of benzene rings is 2. The summed E-state index contributed by atoms with van der Waals surface area (Å²) in [6, 6.07) is 17.2. The minimum absolute atomic E-state index is 0.375. The third kappa shape index (κ3) is 4.35. The van der Waals surface area contributed by atoms with E-state index in [1.165, 1.54) is 17.9 Å². The SMILES string of the molecule is CNC(=O)[C@H]1O[C@H](n2cnc3c(NCc4ccccc4)nc(-c4ccc(OC)cc4)nc32)[C@@H](O)[C@@H]1O. The molecule has 0 aliphatic carbocycles. The average molecular weight is 491 g/mol. The van der Waals surface area contributed by atoms with Gasteiger partial charge in [-0.3, -0.25) is 9.36 Å². The number of nitrogens with zero attached hydrogens (tertiary/aromatic N) is 4. The zero-order chi connectivity index (χ0) is 25.2. The lowest BCUT2D eigenvalue weighted by Gasteiger charge is -2.17. The summed E-state index contributed by atoms with van der Waals surface area (Å²) in [5, 5.41) is 26.9. The Balaban J connectivity index is 1.57. The average Bonchev–Trinajstić information content (AvgIpc) is 3.48. The van der Waals surface area contributed by atoms with Crippen molar-refractivity contribution in [3.05, 3.63) is 66.5 Å². The number of carbonyl (C=O) groups excluding carboxylic acids is 1. The molecule has 1 fully saturated rings. The molecule has 1 saturated heterocycles. The molecular weight excluding hydrogens is 464 g/mol. The third-order valence-corrected chi connectivity index (χ3v) is 6.09. The van der Waals surface area contributed by atoms with Gasteiger partial charge in [-0.2, -0.15) is 0 Å². The first-order chi connectivity index (χ1) is 17.5. The number of likely N-dealkylation sites (N-methyl/N-ethyl adjacent to an activating group) is 1. The number of anilines is 1. The first kappa shape index (κ1) is 23.7. The van der Waals surface area contributed by atoms with Crippen molar-refractivity contribution in [3.8, 4) is 17.1 Å². The molecule has 2 aromatic heterocycles. The molecule has 1 amide bonds. The van der Waals surface area contributed by atoms with E-state index in [-0.39, 0.29) is 0 Å². The second-order valence-corrected chi connectivity index (χ2v) is 8.33. The van der Waals surface area contributed by atoms with Crippen molar-refractivity contribution in [2.24, 2.45) is 0 Å². The highest BCUT2D eigenvalue weighted by molar-refractivity contribution is 5.85. The Morgan fingerprint density at radius 1 is 1.08 bits per heavy atom.